The van der Waals surface area contributed by atoms with Crippen LogP contribution >= 0.6 is 0 Å². The molecule has 0 atom stereocenters. The van der Waals surface area contributed by atoms with Crippen LogP contribution in [0.3, 0.4) is 0 Å². The molecule has 0 bridgehead atoms. The van der Waals surface area contributed by atoms with E-state index in [0.29, 0.717) is 12.2 Å². The quantitative estimate of drug-likeness (QED) is 0.775. The van der Waals surface area contributed by atoms with Crippen LogP contribution < -0.4 is 0 Å². The van der Waals surface area contributed by atoms with Crippen molar-refractivity contribution in [3.63, 3.8) is 0 Å². The first-order valence-electron chi connectivity index (χ1n) is 4.88. The van der Waals surface area contributed by atoms with Crippen molar-refractivity contribution >= 4 is 22.8 Å². The van der Waals surface area contributed by atoms with E-state index in [-0.39, 0.29) is 0 Å². The molecular formula is C12H10N2O4. The average Bonchev–Trinajstić information content (AvgIpc) is 2.37. The number of nitrogens with zero attached hydrogens (tertiary/aromatic N) is 2. The topological polar surface area (TPSA) is 100 Å². The number of aliphatic carboxylic acids is 2. The summed E-state index contributed by atoms with van der Waals surface area (Å²) in [5.41, 5.74) is 0.998. The van der Waals surface area contributed by atoms with E-state index in [1.54, 1.807) is 6.33 Å². The van der Waals surface area contributed by atoms with Gasteiger partial charge >= 0.3 is 11.9 Å². The summed E-state index contributed by atoms with van der Waals surface area (Å²) in [7, 11) is 0. The van der Waals surface area contributed by atoms with Gasteiger partial charge in [-0.3, -0.25) is 0 Å². The number of hydrogen-bond acceptors (Lipinski definition) is 4. The Bertz CT molecular complexity index is 500. The molecule has 1 aromatic carbocycles. The lowest BCUT2D eigenvalue weighted by atomic mass is 10.2. The molecule has 0 saturated carbocycles. The summed E-state index contributed by atoms with van der Waals surface area (Å²) in [6, 6.07) is 7.91. The van der Waals surface area contributed by atoms with Gasteiger partial charge in [-0.25, -0.2) is 19.6 Å². The molecular weight excluding hydrogens is 236 g/mol. The summed E-state index contributed by atoms with van der Waals surface area (Å²) in [5.74, 6) is -2.51. The first kappa shape index (κ1) is 13.3. The number of para-hydroxylation sites is 1. The molecule has 6 nitrogen and oxygen atoms in total. The minimum atomic E-state index is -1.26. The summed E-state index contributed by atoms with van der Waals surface area (Å²) < 4.78 is 0. The molecule has 18 heavy (non-hydrogen) atoms. The third-order valence-corrected chi connectivity index (χ3v) is 1.78. The van der Waals surface area contributed by atoms with Gasteiger partial charge in [-0.15, -0.1) is 0 Å². The van der Waals surface area contributed by atoms with Gasteiger partial charge in [0.1, 0.15) is 6.33 Å². The van der Waals surface area contributed by atoms with Crippen molar-refractivity contribution in [3.8, 4) is 0 Å². The lowest BCUT2D eigenvalue weighted by Crippen LogP contribution is -1.91. The number of hydrogen-bond donors (Lipinski definition) is 2. The van der Waals surface area contributed by atoms with Crippen LogP contribution in [0.25, 0.3) is 10.9 Å². The van der Waals surface area contributed by atoms with Crippen molar-refractivity contribution in [2.24, 2.45) is 0 Å². The van der Waals surface area contributed by atoms with Gasteiger partial charge < -0.3 is 10.2 Å². The third-order valence-electron chi connectivity index (χ3n) is 1.78. The molecule has 2 aromatic rings. The monoisotopic (exact) mass is 246 g/mol. The van der Waals surface area contributed by atoms with Crippen LogP contribution in [0.2, 0.25) is 0 Å². The second kappa shape index (κ2) is 6.74. The molecule has 0 spiro atoms. The van der Waals surface area contributed by atoms with Crippen LogP contribution in [-0.2, 0) is 9.59 Å². The van der Waals surface area contributed by atoms with E-state index in [2.05, 4.69) is 9.97 Å². The maximum atomic E-state index is 9.55. The van der Waals surface area contributed by atoms with Crippen LogP contribution in [0.1, 0.15) is 0 Å². The second-order valence-electron chi connectivity index (χ2n) is 3.09. The SMILES string of the molecule is O=C(O)/C=C\C(=O)O.c1ccc2ncncc2c1. The molecule has 0 saturated heterocycles. The Morgan fingerprint density at radius 1 is 1.06 bits per heavy atom. The molecule has 2 rings (SSSR count). The number of aromatic nitrogens is 2. The molecule has 0 aliphatic rings. The molecule has 0 amide bonds. The second-order valence-corrected chi connectivity index (χ2v) is 3.09. The van der Waals surface area contributed by atoms with Crippen molar-refractivity contribution in [2.45, 2.75) is 0 Å². The van der Waals surface area contributed by atoms with E-state index >= 15 is 0 Å². The zero-order chi connectivity index (χ0) is 13.4. The zero-order valence-electron chi connectivity index (χ0n) is 9.22. The van der Waals surface area contributed by atoms with Gasteiger partial charge in [0.05, 0.1) is 5.52 Å². The fraction of sp³-hybridized carbons (Fsp3) is 0. The minimum absolute atomic E-state index is 0.558. The Labute approximate surface area is 102 Å². The van der Waals surface area contributed by atoms with Crippen molar-refractivity contribution in [1.82, 2.24) is 9.97 Å². The van der Waals surface area contributed by atoms with E-state index < -0.39 is 11.9 Å². The highest BCUT2D eigenvalue weighted by Gasteiger charge is 1.88. The lowest BCUT2D eigenvalue weighted by molar-refractivity contribution is -0.134. The maximum Gasteiger partial charge on any atom is 0.328 e. The van der Waals surface area contributed by atoms with E-state index in [1.165, 1.54) is 0 Å². The average molecular weight is 246 g/mol. The number of carboxylic acids is 2. The summed E-state index contributed by atoms with van der Waals surface area (Å²) in [4.78, 5) is 27.1. The van der Waals surface area contributed by atoms with Crippen LogP contribution in [0.5, 0.6) is 0 Å². The molecule has 0 fully saturated rings. The van der Waals surface area contributed by atoms with E-state index in [0.717, 1.165) is 10.9 Å². The minimum Gasteiger partial charge on any atom is -0.478 e. The van der Waals surface area contributed by atoms with Gasteiger partial charge in [0.2, 0.25) is 0 Å². The fourth-order valence-corrected chi connectivity index (χ4v) is 1.07. The van der Waals surface area contributed by atoms with Crippen molar-refractivity contribution in [3.05, 3.63) is 48.9 Å². The van der Waals surface area contributed by atoms with Crippen molar-refractivity contribution in [1.29, 1.82) is 0 Å². The molecule has 92 valence electrons. The predicted octanol–water partition coefficient (Wildman–Crippen LogP) is 1.34. The third kappa shape index (κ3) is 4.84. The standard InChI is InChI=1S/C8H6N2.C4H4O4/c1-2-4-8-7(3-1)5-9-6-10-8;5-3(6)1-2-4(7)8/h1-6H;1-2H,(H,5,6)(H,7,8)/b;2-1-. The summed E-state index contributed by atoms with van der Waals surface area (Å²) in [6.45, 7) is 0. The van der Waals surface area contributed by atoms with Gasteiger partial charge in [-0.2, -0.15) is 0 Å². The largest absolute Gasteiger partial charge is 0.478 e. The Morgan fingerprint density at radius 3 is 2.22 bits per heavy atom. The van der Waals surface area contributed by atoms with Crippen LogP contribution in [0.15, 0.2) is 48.9 Å². The van der Waals surface area contributed by atoms with Gasteiger partial charge in [-0.05, 0) is 6.07 Å². The molecule has 6 heteroatoms. The van der Waals surface area contributed by atoms with E-state index in [9.17, 15) is 9.59 Å². The Hall–Kier alpha value is -2.76. The highest BCUT2D eigenvalue weighted by atomic mass is 16.4. The predicted molar refractivity (Wildman–Crippen MR) is 63.9 cm³/mol. The smallest absolute Gasteiger partial charge is 0.328 e. The highest BCUT2D eigenvalue weighted by molar-refractivity contribution is 5.89. The normalized spacial score (nSPS) is 9.78. The Morgan fingerprint density at radius 2 is 1.67 bits per heavy atom. The molecule has 1 aromatic heterocycles. The molecule has 1 heterocycles. The molecule has 2 N–H and O–H groups in total. The highest BCUT2D eigenvalue weighted by Crippen LogP contribution is 2.06. The number of carboxylic acid groups (broad SMARTS) is 2. The van der Waals surface area contributed by atoms with Gasteiger partial charge in [0, 0.05) is 23.7 Å². The number of fused-ring (bicyclic) bond motifs is 1. The first-order chi connectivity index (χ1) is 8.59. The van der Waals surface area contributed by atoms with E-state index in [1.807, 2.05) is 30.5 Å². The van der Waals surface area contributed by atoms with E-state index in [4.69, 9.17) is 10.2 Å². The summed E-state index contributed by atoms with van der Waals surface area (Å²) in [6.07, 6.45) is 4.48. The van der Waals surface area contributed by atoms with Gasteiger partial charge in [0.15, 0.2) is 0 Å². The number of carbonyl (C=O) groups is 2. The zero-order valence-corrected chi connectivity index (χ0v) is 9.22. The maximum absolute atomic E-state index is 9.55. The molecule has 0 aliphatic heterocycles. The van der Waals surface area contributed by atoms with Crippen LogP contribution in [0.4, 0.5) is 0 Å². The lowest BCUT2D eigenvalue weighted by Gasteiger charge is -1.90. The molecule has 0 radical (unpaired) electrons. The number of benzene rings is 1. The van der Waals surface area contributed by atoms with Crippen LogP contribution in [-0.4, -0.2) is 32.1 Å². The van der Waals surface area contributed by atoms with Gasteiger partial charge in [-0.1, -0.05) is 18.2 Å². The van der Waals surface area contributed by atoms with Crippen LogP contribution in [0, 0.1) is 0 Å². The first-order valence-corrected chi connectivity index (χ1v) is 4.88. The summed E-state index contributed by atoms with van der Waals surface area (Å²) >= 11 is 0. The molecule has 0 unspecified atom stereocenters. The summed E-state index contributed by atoms with van der Waals surface area (Å²) in [5, 5.41) is 16.7. The van der Waals surface area contributed by atoms with Crippen molar-refractivity contribution in [2.75, 3.05) is 0 Å². The fourth-order valence-electron chi connectivity index (χ4n) is 1.07. The Kier molecular flexibility index (Phi) is 4.98. The number of rotatable bonds is 2. The van der Waals surface area contributed by atoms with Crippen molar-refractivity contribution < 1.29 is 19.8 Å². The molecule has 0 aliphatic carbocycles. The van der Waals surface area contributed by atoms with Gasteiger partial charge in [0.25, 0.3) is 0 Å². The Balaban J connectivity index is 0.000000187.